The van der Waals surface area contributed by atoms with Gasteiger partial charge in [0.05, 0.1) is 5.69 Å². The van der Waals surface area contributed by atoms with Gasteiger partial charge in [0, 0.05) is 24.3 Å². The van der Waals surface area contributed by atoms with E-state index in [-0.39, 0.29) is 16.9 Å². The van der Waals surface area contributed by atoms with Crippen molar-refractivity contribution >= 4 is 28.9 Å². The number of rotatable bonds is 5. The fraction of sp³-hybridized carbons (Fsp3) is 0.120. The van der Waals surface area contributed by atoms with Gasteiger partial charge < -0.3 is 10.6 Å². The quantitative estimate of drug-likeness (QED) is 0.314. The van der Waals surface area contributed by atoms with Crippen LogP contribution >= 0.6 is 0 Å². The summed E-state index contributed by atoms with van der Waals surface area (Å²) in [6, 6.07) is 15.3. The molecule has 4 rings (SSSR count). The zero-order valence-electron chi connectivity index (χ0n) is 19.0. The molecule has 0 saturated carbocycles. The normalized spacial score (nSPS) is 12.0. The number of hydrogen-bond acceptors (Lipinski definition) is 4. The van der Waals surface area contributed by atoms with Gasteiger partial charge in [0.15, 0.2) is 11.5 Å². The van der Waals surface area contributed by atoms with Crippen LogP contribution in [0.5, 0.6) is 0 Å². The lowest BCUT2D eigenvalue weighted by Gasteiger charge is -2.11. The molecule has 0 aliphatic rings. The Morgan fingerprint density at radius 2 is 1.64 bits per heavy atom. The van der Waals surface area contributed by atoms with Gasteiger partial charge >= 0.3 is 12.1 Å². The lowest BCUT2D eigenvalue weighted by Crippen LogP contribution is -2.30. The number of nitrogens with zero attached hydrogens (tertiary/aromatic N) is 3. The number of likely N-dealkylation sites (N-methyl/N-ethyl adjacent to an activating group) is 1. The molecule has 2 amide bonds. The minimum atomic E-state index is -5.15. The van der Waals surface area contributed by atoms with Crippen molar-refractivity contribution in [2.45, 2.75) is 13.1 Å². The van der Waals surface area contributed by atoms with Crippen LogP contribution in [0.4, 0.5) is 23.4 Å². The number of halogens is 4. The molecule has 184 valence electrons. The third kappa shape index (κ3) is 5.09. The average Bonchev–Trinajstić information content (AvgIpc) is 3.20. The van der Waals surface area contributed by atoms with Gasteiger partial charge in [-0.2, -0.15) is 18.3 Å². The van der Waals surface area contributed by atoms with Gasteiger partial charge in [0.25, 0.3) is 0 Å². The van der Waals surface area contributed by atoms with Crippen LogP contribution < -0.4 is 10.6 Å². The summed E-state index contributed by atoms with van der Waals surface area (Å²) >= 11 is 0. The summed E-state index contributed by atoms with van der Waals surface area (Å²) in [5.41, 5.74) is 2.81. The number of carbonyl (C=O) groups is 2. The van der Waals surface area contributed by atoms with Crippen LogP contribution in [0.3, 0.4) is 0 Å². The van der Waals surface area contributed by atoms with E-state index in [1.807, 2.05) is 19.1 Å². The topological polar surface area (TPSA) is 88.4 Å². The molecule has 0 atom stereocenters. The molecule has 0 saturated heterocycles. The van der Waals surface area contributed by atoms with Crippen molar-refractivity contribution < 1.29 is 27.2 Å². The smallest absolute Gasteiger partial charge is 0.356 e. The molecule has 0 spiro atoms. The first kappa shape index (κ1) is 24.6. The maximum atomic E-state index is 13.5. The largest absolute Gasteiger partial charge is 0.471 e. The molecular weight excluding hydrogens is 478 g/mol. The van der Waals surface area contributed by atoms with E-state index in [0.29, 0.717) is 16.8 Å². The van der Waals surface area contributed by atoms with Crippen molar-refractivity contribution in [3.05, 3.63) is 89.4 Å². The lowest BCUT2D eigenvalue weighted by molar-refractivity contribution is -0.167. The number of benzene rings is 2. The maximum Gasteiger partial charge on any atom is 0.471 e. The van der Waals surface area contributed by atoms with E-state index in [9.17, 15) is 27.2 Å². The standard InChI is InChI=1S/C25H19F4N5O2/c1-14-3-5-15(6-4-14)18(13-21(35)30-2)19-11-12-20-31-23(32-24(36)25(27,28)29)22(34(20)33-19)16-7-9-17(26)10-8-16/h3-13H,1-2H3,(H,30,35)(H,32,36)/b18-13-. The number of aromatic nitrogens is 3. The number of alkyl halides is 3. The summed E-state index contributed by atoms with van der Waals surface area (Å²) < 4.78 is 53.7. The van der Waals surface area contributed by atoms with E-state index in [2.05, 4.69) is 15.4 Å². The fourth-order valence-corrected chi connectivity index (χ4v) is 3.45. The molecule has 2 aromatic heterocycles. The highest BCUT2D eigenvalue weighted by molar-refractivity contribution is 5.99. The monoisotopic (exact) mass is 497 g/mol. The molecule has 0 fully saturated rings. The molecule has 2 aromatic carbocycles. The molecule has 36 heavy (non-hydrogen) atoms. The van der Waals surface area contributed by atoms with Gasteiger partial charge in [-0.25, -0.2) is 13.9 Å². The molecule has 11 heteroatoms. The SMILES string of the molecule is CNC(=O)/C=C(/c1ccc(C)cc1)c1ccc2nc(NC(=O)C(F)(F)F)c(-c3ccc(F)cc3)n2n1. The Balaban J connectivity index is 1.93. The van der Waals surface area contributed by atoms with E-state index in [0.717, 1.165) is 17.7 Å². The van der Waals surface area contributed by atoms with Gasteiger partial charge in [-0.3, -0.25) is 9.59 Å². The first-order chi connectivity index (χ1) is 17.1. The van der Waals surface area contributed by atoms with Crippen molar-refractivity contribution in [1.82, 2.24) is 19.9 Å². The number of amides is 2. The predicted octanol–water partition coefficient (Wildman–Crippen LogP) is 4.52. The Morgan fingerprint density at radius 1 is 0.972 bits per heavy atom. The average molecular weight is 497 g/mol. The molecule has 2 heterocycles. The number of carbonyl (C=O) groups excluding carboxylic acids is 2. The van der Waals surface area contributed by atoms with Gasteiger partial charge in [-0.05, 0) is 48.9 Å². The highest BCUT2D eigenvalue weighted by Gasteiger charge is 2.39. The highest BCUT2D eigenvalue weighted by Crippen LogP contribution is 2.31. The molecule has 0 aliphatic carbocycles. The number of anilines is 1. The van der Waals surface area contributed by atoms with Crippen LogP contribution in [-0.4, -0.2) is 39.6 Å². The predicted molar refractivity (Wildman–Crippen MR) is 125 cm³/mol. The van der Waals surface area contributed by atoms with Crippen molar-refractivity contribution in [2.24, 2.45) is 0 Å². The van der Waals surface area contributed by atoms with Crippen LogP contribution in [-0.2, 0) is 9.59 Å². The molecule has 0 unspecified atom stereocenters. The van der Waals surface area contributed by atoms with Crippen LogP contribution in [0, 0.1) is 12.7 Å². The fourth-order valence-electron chi connectivity index (χ4n) is 3.45. The van der Waals surface area contributed by atoms with Crippen molar-refractivity contribution in [1.29, 1.82) is 0 Å². The first-order valence-electron chi connectivity index (χ1n) is 10.6. The van der Waals surface area contributed by atoms with Crippen LogP contribution in [0.1, 0.15) is 16.8 Å². The zero-order valence-corrected chi connectivity index (χ0v) is 19.0. The maximum absolute atomic E-state index is 13.5. The molecule has 0 aliphatic heterocycles. The van der Waals surface area contributed by atoms with Crippen molar-refractivity contribution in [3.63, 3.8) is 0 Å². The van der Waals surface area contributed by atoms with Crippen molar-refractivity contribution in [3.8, 4) is 11.3 Å². The van der Waals surface area contributed by atoms with Crippen molar-refractivity contribution in [2.75, 3.05) is 12.4 Å². The van der Waals surface area contributed by atoms with Gasteiger partial charge in [-0.1, -0.05) is 29.8 Å². The number of fused-ring (bicyclic) bond motifs is 1. The highest BCUT2D eigenvalue weighted by atomic mass is 19.4. The molecule has 2 N–H and O–H groups in total. The van der Waals surface area contributed by atoms with Gasteiger partial charge in [-0.15, -0.1) is 0 Å². The van der Waals surface area contributed by atoms with Crippen LogP contribution in [0.25, 0.3) is 22.5 Å². The lowest BCUT2D eigenvalue weighted by atomic mass is 10.0. The zero-order chi connectivity index (χ0) is 26.0. The van der Waals surface area contributed by atoms with Gasteiger partial charge in [0.2, 0.25) is 5.91 Å². The molecular formula is C25H19F4N5O2. The van der Waals surface area contributed by atoms with E-state index in [1.54, 1.807) is 23.5 Å². The van der Waals surface area contributed by atoms with E-state index >= 15 is 0 Å². The number of imidazole rings is 1. The summed E-state index contributed by atoms with van der Waals surface area (Å²) in [5.74, 6) is -3.57. The Hall–Kier alpha value is -4.54. The first-order valence-corrected chi connectivity index (χ1v) is 10.6. The summed E-state index contributed by atoms with van der Waals surface area (Å²) in [4.78, 5) is 28.0. The summed E-state index contributed by atoms with van der Waals surface area (Å²) in [6.45, 7) is 1.91. The van der Waals surface area contributed by atoms with Crippen LogP contribution in [0.15, 0.2) is 66.7 Å². The Labute approximate surface area is 202 Å². The van der Waals surface area contributed by atoms with Crippen LogP contribution in [0.2, 0.25) is 0 Å². The third-order valence-corrected chi connectivity index (χ3v) is 5.24. The third-order valence-electron chi connectivity index (χ3n) is 5.24. The Morgan fingerprint density at radius 3 is 2.25 bits per heavy atom. The molecule has 0 radical (unpaired) electrons. The molecule has 0 bridgehead atoms. The second-order valence-corrected chi connectivity index (χ2v) is 7.79. The molecule has 7 nitrogen and oxygen atoms in total. The Kier molecular flexibility index (Phi) is 6.56. The minimum Gasteiger partial charge on any atom is -0.356 e. The van der Waals surface area contributed by atoms with E-state index < -0.39 is 29.6 Å². The van der Waals surface area contributed by atoms with E-state index in [4.69, 9.17) is 0 Å². The number of hydrogen-bond donors (Lipinski definition) is 2. The summed E-state index contributed by atoms with van der Waals surface area (Å²) in [6.07, 6.45) is -3.80. The number of aryl methyl sites for hydroxylation is 1. The summed E-state index contributed by atoms with van der Waals surface area (Å²) in [5, 5.41) is 8.82. The number of nitrogens with one attached hydrogen (secondary N) is 2. The second kappa shape index (κ2) is 9.61. The second-order valence-electron chi connectivity index (χ2n) is 7.79. The molecule has 4 aromatic rings. The van der Waals surface area contributed by atoms with E-state index in [1.165, 1.54) is 35.8 Å². The Bertz CT molecular complexity index is 1470. The summed E-state index contributed by atoms with van der Waals surface area (Å²) in [7, 11) is 1.47. The minimum absolute atomic E-state index is 0.00708. The van der Waals surface area contributed by atoms with Gasteiger partial charge in [0.1, 0.15) is 11.5 Å².